The Morgan fingerprint density at radius 1 is 1.43 bits per heavy atom. The Kier molecular flexibility index (Phi) is 5.68. The van der Waals surface area contributed by atoms with Gasteiger partial charge in [-0.05, 0) is 34.1 Å². The highest BCUT2D eigenvalue weighted by Gasteiger charge is 2.22. The van der Waals surface area contributed by atoms with Gasteiger partial charge in [-0.1, -0.05) is 0 Å². The zero-order valence-corrected chi connectivity index (χ0v) is 12.2. The van der Waals surface area contributed by atoms with E-state index in [1.165, 1.54) is 18.2 Å². The lowest BCUT2D eigenvalue weighted by atomic mass is 10.2. The van der Waals surface area contributed by atoms with E-state index >= 15 is 0 Å². The normalized spacial score (nSPS) is 11.0. The zero-order valence-electron chi connectivity index (χ0n) is 10.6. The molecule has 21 heavy (non-hydrogen) atoms. The fraction of sp³-hybridized carbons (Fsp3) is 0.167. The summed E-state index contributed by atoms with van der Waals surface area (Å²) in [6, 6.07) is 4.16. The fourth-order valence-electron chi connectivity index (χ4n) is 1.40. The molecule has 9 heteroatoms. The van der Waals surface area contributed by atoms with E-state index in [-0.39, 0.29) is 0 Å². The van der Waals surface area contributed by atoms with E-state index in [0.717, 1.165) is 0 Å². The van der Waals surface area contributed by atoms with Crippen LogP contribution in [-0.4, -0.2) is 29.1 Å². The van der Waals surface area contributed by atoms with Crippen LogP contribution in [0.4, 0.5) is 10.5 Å². The number of nitrogens with two attached hydrogens (primary N) is 1. The van der Waals surface area contributed by atoms with Crippen LogP contribution in [0.5, 0.6) is 0 Å². The van der Waals surface area contributed by atoms with Gasteiger partial charge in [-0.25, -0.2) is 9.59 Å². The molecule has 0 bridgehead atoms. The van der Waals surface area contributed by atoms with E-state index in [2.05, 4.69) is 26.6 Å². The number of hydrogen-bond donors (Lipinski definition) is 4. The number of hydrogen-bond acceptors (Lipinski definition) is 4. The number of benzene rings is 1. The zero-order chi connectivity index (χ0) is 16.0. The molecule has 0 saturated heterocycles. The number of nitriles is 1. The van der Waals surface area contributed by atoms with Gasteiger partial charge in [0.2, 0.25) is 5.91 Å². The van der Waals surface area contributed by atoms with E-state index in [9.17, 15) is 14.4 Å². The van der Waals surface area contributed by atoms with Crippen molar-refractivity contribution in [3.63, 3.8) is 0 Å². The molecule has 0 spiro atoms. The number of halogens is 1. The van der Waals surface area contributed by atoms with Gasteiger partial charge in [-0.3, -0.25) is 4.79 Å². The standard InChI is InChI=1S/C12H11BrN4O4/c13-7-3-6(5-14)1-2-8(7)16-12(21)17-9(11(19)20)4-10(15)18/h1-3,9H,4H2,(H2,15,18)(H,19,20)(H2,16,17,21)/t9-/m0/s1. The highest BCUT2D eigenvalue weighted by atomic mass is 79.9. The first-order chi connectivity index (χ1) is 9.83. The van der Waals surface area contributed by atoms with Crippen molar-refractivity contribution in [3.8, 4) is 6.07 Å². The topological polar surface area (TPSA) is 145 Å². The molecule has 3 amide bonds. The highest BCUT2D eigenvalue weighted by Crippen LogP contribution is 2.23. The predicted octanol–water partition coefficient (Wildman–Crippen LogP) is 0.771. The molecule has 110 valence electrons. The SMILES string of the molecule is N#Cc1ccc(NC(=O)N[C@@H](CC(N)=O)C(=O)O)c(Br)c1. The Morgan fingerprint density at radius 3 is 2.57 bits per heavy atom. The number of anilines is 1. The molecule has 1 rings (SSSR count). The number of carbonyl (C=O) groups is 3. The monoisotopic (exact) mass is 354 g/mol. The summed E-state index contributed by atoms with van der Waals surface area (Å²) in [5.74, 6) is -2.22. The highest BCUT2D eigenvalue weighted by molar-refractivity contribution is 9.10. The van der Waals surface area contributed by atoms with Gasteiger partial charge in [0.15, 0.2) is 0 Å². The minimum atomic E-state index is -1.42. The number of primary amides is 1. The number of aliphatic carboxylic acids is 1. The molecule has 1 atom stereocenters. The van der Waals surface area contributed by atoms with Gasteiger partial charge in [-0.15, -0.1) is 0 Å². The Hall–Kier alpha value is -2.60. The number of amides is 3. The molecule has 1 aromatic carbocycles. The first-order valence-corrected chi connectivity index (χ1v) is 6.41. The van der Waals surface area contributed by atoms with Gasteiger partial charge < -0.3 is 21.5 Å². The predicted molar refractivity (Wildman–Crippen MR) is 76.2 cm³/mol. The van der Waals surface area contributed by atoms with Crippen molar-refractivity contribution in [3.05, 3.63) is 28.2 Å². The Labute approximate surface area is 128 Å². The fourth-order valence-corrected chi connectivity index (χ4v) is 1.88. The molecule has 0 unspecified atom stereocenters. The molecule has 0 aliphatic carbocycles. The van der Waals surface area contributed by atoms with Gasteiger partial charge in [0.1, 0.15) is 6.04 Å². The second kappa shape index (κ2) is 7.25. The molecule has 0 heterocycles. The number of nitrogens with zero attached hydrogens (tertiary/aromatic N) is 1. The minimum Gasteiger partial charge on any atom is -0.480 e. The third kappa shape index (κ3) is 5.12. The molecule has 8 nitrogen and oxygen atoms in total. The molecular formula is C12H11BrN4O4. The molecule has 1 aromatic rings. The molecule has 0 fully saturated rings. The first-order valence-electron chi connectivity index (χ1n) is 5.61. The van der Waals surface area contributed by atoms with Crippen LogP contribution in [0.1, 0.15) is 12.0 Å². The van der Waals surface area contributed by atoms with E-state index in [1.54, 1.807) is 0 Å². The number of urea groups is 1. The van der Waals surface area contributed by atoms with Crippen LogP contribution >= 0.6 is 15.9 Å². The number of carboxylic acid groups (broad SMARTS) is 1. The van der Waals surface area contributed by atoms with Gasteiger partial charge >= 0.3 is 12.0 Å². The van der Waals surface area contributed by atoms with Gasteiger partial charge in [0.05, 0.1) is 23.7 Å². The molecule has 0 aliphatic rings. The van der Waals surface area contributed by atoms with E-state index in [4.69, 9.17) is 16.1 Å². The van der Waals surface area contributed by atoms with Crippen LogP contribution in [0, 0.1) is 11.3 Å². The Balaban J connectivity index is 2.75. The van der Waals surface area contributed by atoms with Crippen molar-refractivity contribution in [1.82, 2.24) is 5.32 Å². The van der Waals surface area contributed by atoms with Crippen molar-refractivity contribution in [2.24, 2.45) is 5.73 Å². The van der Waals surface area contributed by atoms with Crippen LogP contribution < -0.4 is 16.4 Å². The largest absolute Gasteiger partial charge is 0.480 e. The summed E-state index contributed by atoms with van der Waals surface area (Å²) in [6.07, 6.45) is -0.517. The van der Waals surface area contributed by atoms with Gasteiger partial charge in [-0.2, -0.15) is 5.26 Å². The summed E-state index contributed by atoms with van der Waals surface area (Å²) in [5.41, 5.74) is 5.64. The van der Waals surface area contributed by atoms with Crippen LogP contribution in [0.2, 0.25) is 0 Å². The summed E-state index contributed by atoms with van der Waals surface area (Å²) >= 11 is 3.17. The van der Waals surface area contributed by atoms with Gasteiger partial charge in [0.25, 0.3) is 0 Å². The number of rotatable bonds is 5. The molecular weight excluding hydrogens is 344 g/mol. The maximum absolute atomic E-state index is 11.7. The lowest BCUT2D eigenvalue weighted by Gasteiger charge is -2.14. The summed E-state index contributed by atoms with van der Waals surface area (Å²) in [7, 11) is 0. The average Bonchev–Trinajstić information content (AvgIpc) is 2.39. The van der Waals surface area contributed by atoms with Crippen LogP contribution in [0.3, 0.4) is 0 Å². The first kappa shape index (κ1) is 16.5. The van der Waals surface area contributed by atoms with Crippen molar-refractivity contribution in [1.29, 1.82) is 5.26 Å². The maximum atomic E-state index is 11.7. The number of nitrogens with one attached hydrogen (secondary N) is 2. The third-order valence-corrected chi connectivity index (χ3v) is 3.01. The molecule has 0 radical (unpaired) electrons. The molecule has 0 aliphatic heterocycles. The second-order valence-corrected chi connectivity index (χ2v) is 4.82. The van der Waals surface area contributed by atoms with Crippen molar-refractivity contribution >= 4 is 39.5 Å². The molecule has 5 N–H and O–H groups in total. The lowest BCUT2D eigenvalue weighted by molar-refractivity contribution is -0.140. The van der Waals surface area contributed by atoms with Crippen molar-refractivity contribution < 1.29 is 19.5 Å². The van der Waals surface area contributed by atoms with Crippen LogP contribution in [0.25, 0.3) is 0 Å². The Morgan fingerprint density at radius 2 is 2.10 bits per heavy atom. The molecule has 0 saturated carbocycles. The number of carbonyl (C=O) groups excluding carboxylic acids is 2. The van der Waals surface area contributed by atoms with E-state index in [1.807, 2.05) is 6.07 Å². The van der Waals surface area contributed by atoms with Crippen molar-refractivity contribution in [2.45, 2.75) is 12.5 Å². The quantitative estimate of drug-likeness (QED) is 0.616. The smallest absolute Gasteiger partial charge is 0.326 e. The number of carboxylic acids is 1. The summed E-state index contributed by atoms with van der Waals surface area (Å²) < 4.78 is 0.457. The van der Waals surface area contributed by atoms with E-state index < -0.39 is 30.4 Å². The van der Waals surface area contributed by atoms with Crippen LogP contribution in [-0.2, 0) is 9.59 Å². The molecule has 0 aromatic heterocycles. The summed E-state index contributed by atoms with van der Waals surface area (Å²) in [6.45, 7) is 0. The maximum Gasteiger partial charge on any atom is 0.326 e. The summed E-state index contributed by atoms with van der Waals surface area (Å²) in [4.78, 5) is 33.3. The Bertz CT molecular complexity index is 626. The van der Waals surface area contributed by atoms with E-state index in [0.29, 0.717) is 15.7 Å². The minimum absolute atomic E-state index is 0.342. The van der Waals surface area contributed by atoms with Gasteiger partial charge in [0, 0.05) is 4.47 Å². The second-order valence-electron chi connectivity index (χ2n) is 3.97. The average molecular weight is 355 g/mol. The summed E-state index contributed by atoms with van der Waals surface area (Å²) in [5, 5.41) is 22.1. The van der Waals surface area contributed by atoms with Crippen LogP contribution in [0.15, 0.2) is 22.7 Å². The van der Waals surface area contributed by atoms with Crippen molar-refractivity contribution in [2.75, 3.05) is 5.32 Å². The third-order valence-electron chi connectivity index (χ3n) is 2.36. The lowest BCUT2D eigenvalue weighted by Crippen LogP contribution is -2.45.